The first-order valence-electron chi connectivity index (χ1n) is 7.60. The molecule has 2 atom stereocenters. The van der Waals surface area contributed by atoms with Gasteiger partial charge in [0.05, 0.1) is 32.0 Å². The maximum atomic E-state index is 10.2. The van der Waals surface area contributed by atoms with Crippen LogP contribution in [0.3, 0.4) is 0 Å². The number of aliphatic hydroxyl groups excluding tert-OH is 1. The minimum absolute atomic E-state index is 0.265. The quantitative estimate of drug-likeness (QED) is 0.747. The smallest absolute Gasteiger partial charge is 0.0793 e. The first-order chi connectivity index (χ1) is 9.28. The van der Waals surface area contributed by atoms with Crippen LogP contribution < -0.4 is 0 Å². The van der Waals surface area contributed by atoms with Crippen molar-refractivity contribution in [1.82, 2.24) is 9.80 Å². The highest BCUT2D eigenvalue weighted by atomic mass is 16.5. The fourth-order valence-corrected chi connectivity index (χ4v) is 2.88. The van der Waals surface area contributed by atoms with Gasteiger partial charge in [0.15, 0.2) is 0 Å². The monoisotopic (exact) mass is 272 g/mol. The highest BCUT2D eigenvalue weighted by Crippen LogP contribution is 2.11. The molecule has 0 bridgehead atoms. The second-order valence-corrected chi connectivity index (χ2v) is 5.61. The molecule has 2 fully saturated rings. The van der Waals surface area contributed by atoms with Gasteiger partial charge in [0.2, 0.25) is 0 Å². The maximum absolute atomic E-state index is 10.2. The first kappa shape index (κ1) is 15.2. The Morgan fingerprint density at radius 2 is 1.79 bits per heavy atom. The molecule has 0 radical (unpaired) electrons. The SMILES string of the molecule is CCCC1CN(CC(O)CN2CCOCC2)CCO1. The second-order valence-electron chi connectivity index (χ2n) is 5.61. The summed E-state index contributed by atoms with van der Waals surface area (Å²) < 4.78 is 11.1. The number of morpholine rings is 2. The molecule has 0 aromatic rings. The van der Waals surface area contributed by atoms with Crippen molar-refractivity contribution in [1.29, 1.82) is 0 Å². The molecule has 1 N–H and O–H groups in total. The van der Waals surface area contributed by atoms with E-state index in [2.05, 4.69) is 16.7 Å². The number of nitrogens with zero attached hydrogens (tertiary/aromatic N) is 2. The molecule has 0 aliphatic carbocycles. The summed E-state index contributed by atoms with van der Waals surface area (Å²) in [5.74, 6) is 0. The minimum atomic E-state index is -0.265. The normalized spacial score (nSPS) is 28.4. The summed E-state index contributed by atoms with van der Waals surface area (Å²) in [6.45, 7) is 9.90. The van der Waals surface area contributed by atoms with Gasteiger partial charge in [-0.1, -0.05) is 13.3 Å². The summed E-state index contributed by atoms with van der Waals surface area (Å²) >= 11 is 0. The predicted octanol–water partition coefficient (Wildman–Crippen LogP) is 0.180. The van der Waals surface area contributed by atoms with Gasteiger partial charge < -0.3 is 14.6 Å². The Balaban J connectivity index is 1.67. The fraction of sp³-hybridized carbons (Fsp3) is 1.00. The number of hydrogen-bond acceptors (Lipinski definition) is 5. The number of aliphatic hydroxyl groups is 1. The second kappa shape index (κ2) is 8.17. The molecule has 2 saturated heterocycles. The van der Waals surface area contributed by atoms with Crippen molar-refractivity contribution < 1.29 is 14.6 Å². The maximum Gasteiger partial charge on any atom is 0.0793 e. The average molecular weight is 272 g/mol. The Hall–Kier alpha value is -0.200. The van der Waals surface area contributed by atoms with Crippen LogP contribution in [0.5, 0.6) is 0 Å². The zero-order chi connectivity index (χ0) is 13.5. The Morgan fingerprint density at radius 3 is 2.53 bits per heavy atom. The van der Waals surface area contributed by atoms with Gasteiger partial charge in [-0.3, -0.25) is 9.80 Å². The lowest BCUT2D eigenvalue weighted by Gasteiger charge is -2.35. The Labute approximate surface area is 116 Å². The molecule has 0 aromatic heterocycles. The van der Waals surface area contributed by atoms with E-state index in [1.807, 2.05) is 0 Å². The lowest BCUT2D eigenvalue weighted by atomic mass is 10.1. The van der Waals surface area contributed by atoms with Gasteiger partial charge in [0.25, 0.3) is 0 Å². The number of rotatable bonds is 6. The van der Waals surface area contributed by atoms with Crippen molar-refractivity contribution in [3.8, 4) is 0 Å². The topological polar surface area (TPSA) is 45.2 Å². The summed E-state index contributed by atoms with van der Waals surface area (Å²) in [7, 11) is 0. The number of ether oxygens (including phenoxy) is 2. The molecule has 2 aliphatic rings. The zero-order valence-electron chi connectivity index (χ0n) is 12.1. The molecule has 2 aliphatic heterocycles. The molecule has 0 aromatic carbocycles. The summed E-state index contributed by atoms with van der Waals surface area (Å²) in [5, 5.41) is 10.2. The van der Waals surface area contributed by atoms with Gasteiger partial charge in [-0.25, -0.2) is 0 Å². The Kier molecular flexibility index (Phi) is 6.53. The highest BCUT2D eigenvalue weighted by Gasteiger charge is 2.23. The zero-order valence-corrected chi connectivity index (χ0v) is 12.1. The molecular weight excluding hydrogens is 244 g/mol. The van der Waals surface area contributed by atoms with E-state index in [0.29, 0.717) is 6.10 Å². The number of β-amino-alcohol motifs (C(OH)–C–C–N with tert-alkyl or cyclic N) is 1. The van der Waals surface area contributed by atoms with Crippen LogP contribution in [0.25, 0.3) is 0 Å². The number of hydrogen-bond donors (Lipinski definition) is 1. The van der Waals surface area contributed by atoms with Crippen molar-refractivity contribution in [3.63, 3.8) is 0 Å². The van der Waals surface area contributed by atoms with Crippen molar-refractivity contribution >= 4 is 0 Å². The van der Waals surface area contributed by atoms with Crippen LogP contribution in [0.15, 0.2) is 0 Å². The minimum Gasteiger partial charge on any atom is -0.390 e. The van der Waals surface area contributed by atoms with Crippen LogP contribution >= 0.6 is 0 Å². The third-order valence-corrected chi connectivity index (χ3v) is 3.88. The summed E-state index contributed by atoms with van der Waals surface area (Å²) in [6.07, 6.45) is 2.37. The van der Waals surface area contributed by atoms with Gasteiger partial charge in [-0.15, -0.1) is 0 Å². The first-order valence-corrected chi connectivity index (χ1v) is 7.60. The molecule has 2 unspecified atom stereocenters. The van der Waals surface area contributed by atoms with Crippen LogP contribution in [0, 0.1) is 0 Å². The lowest BCUT2D eigenvalue weighted by molar-refractivity contribution is -0.0498. The van der Waals surface area contributed by atoms with E-state index >= 15 is 0 Å². The van der Waals surface area contributed by atoms with Crippen molar-refractivity contribution in [2.75, 3.05) is 59.1 Å². The summed E-state index contributed by atoms with van der Waals surface area (Å²) in [4.78, 5) is 4.63. The molecule has 2 rings (SSSR count). The molecular formula is C14H28N2O3. The molecule has 5 nitrogen and oxygen atoms in total. The van der Waals surface area contributed by atoms with Crippen LogP contribution in [-0.2, 0) is 9.47 Å². The Bertz CT molecular complexity index is 245. The van der Waals surface area contributed by atoms with Crippen LogP contribution in [0.1, 0.15) is 19.8 Å². The average Bonchev–Trinajstić information content (AvgIpc) is 2.40. The van der Waals surface area contributed by atoms with E-state index in [-0.39, 0.29) is 6.10 Å². The molecule has 2 heterocycles. The predicted molar refractivity (Wildman–Crippen MR) is 74.4 cm³/mol. The van der Waals surface area contributed by atoms with Crippen molar-refractivity contribution in [2.24, 2.45) is 0 Å². The fourth-order valence-electron chi connectivity index (χ4n) is 2.88. The molecule has 5 heteroatoms. The largest absolute Gasteiger partial charge is 0.390 e. The van der Waals surface area contributed by atoms with E-state index in [1.165, 1.54) is 0 Å². The van der Waals surface area contributed by atoms with E-state index in [0.717, 1.165) is 71.9 Å². The van der Waals surface area contributed by atoms with Crippen LogP contribution in [0.2, 0.25) is 0 Å². The van der Waals surface area contributed by atoms with E-state index in [4.69, 9.17) is 9.47 Å². The Morgan fingerprint density at radius 1 is 1.11 bits per heavy atom. The highest BCUT2D eigenvalue weighted by molar-refractivity contribution is 4.76. The van der Waals surface area contributed by atoms with Gasteiger partial charge in [0, 0.05) is 39.3 Å². The molecule has 0 spiro atoms. The molecule has 112 valence electrons. The summed E-state index contributed by atoms with van der Waals surface area (Å²) in [5.41, 5.74) is 0. The lowest BCUT2D eigenvalue weighted by Crippen LogP contribution is -2.49. The third kappa shape index (κ3) is 5.36. The van der Waals surface area contributed by atoms with Gasteiger partial charge in [0.1, 0.15) is 0 Å². The molecule has 0 saturated carbocycles. The van der Waals surface area contributed by atoms with Gasteiger partial charge >= 0.3 is 0 Å². The van der Waals surface area contributed by atoms with Gasteiger partial charge in [-0.05, 0) is 6.42 Å². The van der Waals surface area contributed by atoms with Crippen LogP contribution in [-0.4, -0.2) is 86.2 Å². The standard InChI is InChI=1S/C14H28N2O3/c1-2-3-14-12-16(6-9-19-14)11-13(17)10-15-4-7-18-8-5-15/h13-14,17H,2-12H2,1H3. The van der Waals surface area contributed by atoms with Crippen molar-refractivity contribution in [3.05, 3.63) is 0 Å². The van der Waals surface area contributed by atoms with Crippen LogP contribution in [0.4, 0.5) is 0 Å². The third-order valence-electron chi connectivity index (χ3n) is 3.88. The van der Waals surface area contributed by atoms with Gasteiger partial charge in [-0.2, -0.15) is 0 Å². The van der Waals surface area contributed by atoms with E-state index in [9.17, 15) is 5.11 Å². The molecule has 0 amide bonds. The van der Waals surface area contributed by atoms with E-state index in [1.54, 1.807) is 0 Å². The molecule has 19 heavy (non-hydrogen) atoms. The van der Waals surface area contributed by atoms with E-state index < -0.39 is 0 Å². The summed E-state index contributed by atoms with van der Waals surface area (Å²) in [6, 6.07) is 0. The van der Waals surface area contributed by atoms with Crippen molar-refractivity contribution in [2.45, 2.75) is 32.0 Å².